The van der Waals surface area contributed by atoms with Gasteiger partial charge >= 0.3 is 0 Å². The van der Waals surface area contributed by atoms with Crippen molar-refractivity contribution in [2.75, 3.05) is 5.32 Å². The van der Waals surface area contributed by atoms with Gasteiger partial charge in [0.05, 0.1) is 11.3 Å². The maximum absolute atomic E-state index is 11.9. The van der Waals surface area contributed by atoms with E-state index >= 15 is 0 Å². The first-order valence-corrected chi connectivity index (χ1v) is 7.76. The van der Waals surface area contributed by atoms with E-state index in [0.717, 1.165) is 29.8 Å². The monoisotopic (exact) mass is 297 g/mol. The average molecular weight is 297 g/mol. The molecule has 1 heterocycles. The summed E-state index contributed by atoms with van der Waals surface area (Å²) in [5.41, 5.74) is 3.98. The Morgan fingerprint density at radius 1 is 1.32 bits per heavy atom. The summed E-state index contributed by atoms with van der Waals surface area (Å²) in [6.45, 7) is 10.0. The van der Waals surface area contributed by atoms with Crippen LogP contribution in [0.25, 0.3) is 5.70 Å². The third-order valence-electron chi connectivity index (χ3n) is 3.57. The third kappa shape index (κ3) is 3.64. The molecule has 3 rings (SSSR count). The number of anilines is 1. The molecule has 0 saturated heterocycles. The van der Waals surface area contributed by atoms with Crippen LogP contribution in [0.3, 0.4) is 0 Å². The molecule has 0 radical (unpaired) electrons. The minimum Gasteiger partial charge on any atom is -0.355 e. The molecule has 1 aromatic heterocycles. The molecule has 1 aliphatic rings. The number of aryl methyl sites for hydroxylation is 1. The van der Waals surface area contributed by atoms with Gasteiger partial charge in [-0.25, -0.2) is 5.10 Å². The molecule has 0 unspecified atom stereocenters. The van der Waals surface area contributed by atoms with Crippen molar-refractivity contribution >= 4 is 11.4 Å². The van der Waals surface area contributed by atoms with E-state index in [1.807, 2.05) is 51.1 Å². The van der Waals surface area contributed by atoms with Crippen molar-refractivity contribution in [1.82, 2.24) is 10.2 Å². The molecule has 1 saturated carbocycles. The maximum atomic E-state index is 11.9. The second-order valence-corrected chi connectivity index (χ2v) is 5.23. The number of hydrogen-bond donors (Lipinski definition) is 2. The number of aromatic amines is 1. The fourth-order valence-corrected chi connectivity index (χ4v) is 2.18. The molecule has 1 fully saturated rings. The van der Waals surface area contributed by atoms with Crippen LogP contribution in [-0.4, -0.2) is 10.2 Å². The van der Waals surface area contributed by atoms with Crippen molar-refractivity contribution in [3.63, 3.8) is 0 Å². The van der Waals surface area contributed by atoms with E-state index in [2.05, 4.69) is 22.1 Å². The molecular formula is C18H23N3O. The molecule has 2 N–H and O–H groups in total. The number of H-pyrrole nitrogens is 1. The summed E-state index contributed by atoms with van der Waals surface area (Å²) in [4.78, 5) is 11.9. The van der Waals surface area contributed by atoms with Crippen LogP contribution in [-0.2, 0) is 0 Å². The lowest BCUT2D eigenvalue weighted by Gasteiger charge is -2.12. The number of nitrogens with one attached hydrogen (secondary N) is 2. The van der Waals surface area contributed by atoms with Gasteiger partial charge in [-0.15, -0.1) is 0 Å². The van der Waals surface area contributed by atoms with Gasteiger partial charge in [0, 0.05) is 17.3 Å². The molecule has 0 aliphatic heterocycles. The minimum atomic E-state index is -0.208. The Labute approximate surface area is 131 Å². The topological polar surface area (TPSA) is 57.8 Å². The molecule has 22 heavy (non-hydrogen) atoms. The quantitative estimate of drug-likeness (QED) is 0.894. The van der Waals surface area contributed by atoms with E-state index in [4.69, 9.17) is 0 Å². The van der Waals surface area contributed by atoms with E-state index < -0.39 is 0 Å². The summed E-state index contributed by atoms with van der Waals surface area (Å²) >= 11 is 0. The molecular weight excluding hydrogens is 274 g/mol. The molecule has 0 bridgehead atoms. The Morgan fingerprint density at radius 3 is 2.64 bits per heavy atom. The van der Waals surface area contributed by atoms with Crippen molar-refractivity contribution < 1.29 is 0 Å². The number of nitrogens with zero attached hydrogens (tertiary/aromatic N) is 1. The average Bonchev–Trinajstić information content (AvgIpc) is 3.37. The van der Waals surface area contributed by atoms with Gasteiger partial charge in [0.25, 0.3) is 5.56 Å². The predicted octanol–water partition coefficient (Wildman–Crippen LogP) is 4.06. The smallest absolute Gasteiger partial charge is 0.273 e. The Hall–Kier alpha value is -2.36. The first-order chi connectivity index (χ1) is 10.6. The molecule has 0 spiro atoms. The Morgan fingerprint density at radius 2 is 2.00 bits per heavy atom. The zero-order valence-corrected chi connectivity index (χ0v) is 13.4. The molecule has 1 aromatic carbocycles. The predicted molar refractivity (Wildman–Crippen MR) is 92.0 cm³/mol. The zero-order valence-electron chi connectivity index (χ0n) is 13.4. The van der Waals surface area contributed by atoms with Gasteiger partial charge in [-0.05, 0) is 37.5 Å². The van der Waals surface area contributed by atoms with Gasteiger partial charge in [-0.2, -0.15) is 5.10 Å². The second kappa shape index (κ2) is 7.07. The summed E-state index contributed by atoms with van der Waals surface area (Å²) in [5, 5.41) is 9.88. The Kier molecular flexibility index (Phi) is 5.15. The highest BCUT2D eigenvalue weighted by Gasteiger charge is 2.26. The number of benzene rings is 1. The highest BCUT2D eigenvalue weighted by atomic mass is 16.1. The number of aromatic nitrogens is 2. The summed E-state index contributed by atoms with van der Waals surface area (Å²) < 4.78 is 0. The number of rotatable bonds is 4. The number of hydrogen-bond acceptors (Lipinski definition) is 3. The van der Waals surface area contributed by atoms with Crippen LogP contribution < -0.4 is 10.9 Å². The molecule has 0 atom stereocenters. The molecule has 4 nitrogen and oxygen atoms in total. The SMILES string of the molecule is C=C(Nc1ccccc1C)c1cc(C2CC2)n[nH]c1=O.CC. The van der Waals surface area contributed by atoms with E-state index in [1.165, 1.54) is 0 Å². The van der Waals surface area contributed by atoms with E-state index in [9.17, 15) is 4.79 Å². The van der Waals surface area contributed by atoms with Gasteiger partial charge in [0.1, 0.15) is 0 Å². The molecule has 1 aliphatic carbocycles. The molecule has 2 aromatic rings. The van der Waals surface area contributed by atoms with Crippen molar-refractivity contribution in [1.29, 1.82) is 0 Å². The summed E-state index contributed by atoms with van der Waals surface area (Å²) in [5.74, 6) is 0.497. The molecule has 0 amide bonds. The highest BCUT2D eigenvalue weighted by molar-refractivity contribution is 5.76. The van der Waals surface area contributed by atoms with Crippen molar-refractivity contribution in [2.24, 2.45) is 0 Å². The van der Waals surface area contributed by atoms with Crippen LogP contribution in [0.5, 0.6) is 0 Å². The third-order valence-corrected chi connectivity index (χ3v) is 3.57. The highest BCUT2D eigenvalue weighted by Crippen LogP contribution is 2.38. The summed E-state index contributed by atoms with van der Waals surface area (Å²) in [7, 11) is 0. The van der Waals surface area contributed by atoms with E-state index in [-0.39, 0.29) is 5.56 Å². The van der Waals surface area contributed by atoms with Gasteiger partial charge in [-0.3, -0.25) is 4.79 Å². The van der Waals surface area contributed by atoms with Crippen LogP contribution in [0.2, 0.25) is 0 Å². The van der Waals surface area contributed by atoms with Crippen LogP contribution in [0, 0.1) is 6.92 Å². The van der Waals surface area contributed by atoms with Gasteiger partial charge < -0.3 is 5.32 Å². The Bertz CT molecular complexity index is 714. The zero-order chi connectivity index (χ0) is 16.1. The van der Waals surface area contributed by atoms with Crippen molar-refractivity contribution in [3.05, 3.63) is 64.1 Å². The lowest BCUT2D eigenvalue weighted by molar-refractivity contribution is 0.883. The van der Waals surface area contributed by atoms with E-state index in [1.54, 1.807) is 0 Å². The van der Waals surface area contributed by atoms with Crippen LogP contribution in [0.1, 0.15) is 49.4 Å². The van der Waals surface area contributed by atoms with Crippen molar-refractivity contribution in [3.8, 4) is 0 Å². The normalized spacial score (nSPS) is 13.0. The van der Waals surface area contributed by atoms with Crippen LogP contribution >= 0.6 is 0 Å². The first-order valence-electron chi connectivity index (χ1n) is 7.76. The van der Waals surface area contributed by atoms with Crippen LogP contribution in [0.15, 0.2) is 41.7 Å². The Balaban J connectivity index is 0.000000847. The lowest BCUT2D eigenvalue weighted by Crippen LogP contribution is -2.17. The summed E-state index contributed by atoms with van der Waals surface area (Å²) in [6.07, 6.45) is 2.30. The second-order valence-electron chi connectivity index (χ2n) is 5.23. The van der Waals surface area contributed by atoms with E-state index in [0.29, 0.717) is 17.2 Å². The largest absolute Gasteiger partial charge is 0.355 e. The van der Waals surface area contributed by atoms with Gasteiger partial charge in [0.15, 0.2) is 0 Å². The van der Waals surface area contributed by atoms with Crippen LogP contribution in [0.4, 0.5) is 5.69 Å². The fourth-order valence-electron chi connectivity index (χ4n) is 2.18. The summed E-state index contributed by atoms with van der Waals surface area (Å²) in [6, 6.07) is 9.77. The van der Waals surface area contributed by atoms with Gasteiger partial charge in [-0.1, -0.05) is 38.6 Å². The van der Waals surface area contributed by atoms with Crippen molar-refractivity contribution in [2.45, 2.75) is 39.5 Å². The maximum Gasteiger partial charge on any atom is 0.273 e. The van der Waals surface area contributed by atoms with Gasteiger partial charge in [0.2, 0.25) is 0 Å². The number of para-hydroxylation sites is 1. The lowest BCUT2D eigenvalue weighted by atomic mass is 10.1. The fraction of sp³-hybridized carbons (Fsp3) is 0.333. The molecule has 116 valence electrons. The molecule has 4 heteroatoms. The standard InChI is InChI=1S/C16H17N3O.C2H6/c1-10-5-3-4-6-14(10)17-11(2)13-9-15(12-7-8-12)18-19-16(13)20;1-2/h3-6,9,12,17H,2,7-8H2,1H3,(H,19,20);1-2H3. The first kappa shape index (κ1) is 16.0. The minimum absolute atomic E-state index is 0.208.